The number of rotatable bonds is 5. The Morgan fingerprint density at radius 2 is 1.71 bits per heavy atom. The Kier molecular flexibility index (Phi) is 11.9. The van der Waals surface area contributed by atoms with Gasteiger partial charge < -0.3 is 46.7 Å². The predicted octanol–water partition coefficient (Wildman–Crippen LogP) is 0.355. The summed E-state index contributed by atoms with van der Waals surface area (Å²) in [6.45, 7) is 4.81. The lowest BCUT2D eigenvalue weighted by Crippen LogP contribution is -2.36. The summed E-state index contributed by atoms with van der Waals surface area (Å²) in [7, 11) is 1.00. The van der Waals surface area contributed by atoms with E-state index in [-0.39, 0.29) is 41.7 Å². The summed E-state index contributed by atoms with van der Waals surface area (Å²) in [5.74, 6) is -1.35. The average Bonchev–Trinajstić information content (AvgIpc) is 3.44. The van der Waals surface area contributed by atoms with Crippen molar-refractivity contribution in [3.8, 4) is 0 Å². The van der Waals surface area contributed by atoms with Crippen molar-refractivity contribution in [3.05, 3.63) is 57.8 Å². The van der Waals surface area contributed by atoms with Gasteiger partial charge in [0, 0.05) is 25.1 Å². The van der Waals surface area contributed by atoms with Gasteiger partial charge in [0.2, 0.25) is 5.95 Å². The number of nitrogen functional groups attached to an aromatic ring is 2. The summed E-state index contributed by atoms with van der Waals surface area (Å²) < 4.78 is 41.0. The minimum atomic E-state index is -1.56. The second-order valence-corrected chi connectivity index (χ2v) is 9.63. The highest BCUT2D eigenvalue weighted by Gasteiger charge is 2.53. The highest BCUT2D eigenvalue weighted by atomic mass is 35.5. The molecule has 3 heterocycles. The molecule has 2 aromatic heterocycles. The standard InChI is InChI=1S/C14H19FN4O2.C10H12FN3O4.CH4O.ClH/c1-4-7-9(15)10(12-11(7)20-14(2,3)21-12)19-13-17-6-5-8(16)18-13;11-6-4(3-15)8(16)9(17)7(6)14-2-1-5(12)13-10(14)18;1-2;/h5-6,10-12H,4H2,1-3H3,(H3,16,17,18,19);1-2,7-9,15-17H,3H2,(H2,12,13,18);2H,1H3;1H/t10-,11-,12+;7-,8-,9+;;/m11../s1. The van der Waals surface area contributed by atoms with Gasteiger partial charge in [0.25, 0.3) is 0 Å². The quantitative estimate of drug-likeness (QED) is 0.240. The molecule has 0 radical (unpaired) electrons. The molecule has 0 saturated carbocycles. The van der Waals surface area contributed by atoms with Crippen molar-refractivity contribution in [2.75, 3.05) is 30.5 Å². The van der Waals surface area contributed by atoms with Crippen LogP contribution in [-0.4, -0.2) is 89.9 Å². The van der Waals surface area contributed by atoms with E-state index in [9.17, 15) is 23.8 Å². The number of ether oxygens (including phenoxy) is 2. The van der Waals surface area contributed by atoms with Crippen LogP contribution in [0.5, 0.6) is 0 Å². The van der Waals surface area contributed by atoms with Gasteiger partial charge in [-0.15, -0.1) is 12.4 Å². The first-order chi connectivity index (χ1) is 19.4. The Labute approximate surface area is 246 Å². The first kappa shape index (κ1) is 34.9. The number of anilines is 3. The zero-order valence-electron chi connectivity index (χ0n) is 23.3. The van der Waals surface area contributed by atoms with Crippen LogP contribution in [0.15, 0.2) is 52.1 Å². The molecule has 9 N–H and O–H groups in total. The van der Waals surface area contributed by atoms with Gasteiger partial charge in [-0.2, -0.15) is 9.97 Å². The minimum absolute atomic E-state index is 0. The minimum Gasteiger partial charge on any atom is -0.400 e. The summed E-state index contributed by atoms with van der Waals surface area (Å²) in [5.41, 5.74) is 10.4. The van der Waals surface area contributed by atoms with Crippen LogP contribution in [0.3, 0.4) is 0 Å². The highest BCUT2D eigenvalue weighted by molar-refractivity contribution is 5.85. The van der Waals surface area contributed by atoms with Gasteiger partial charge in [0.1, 0.15) is 59.8 Å². The molecule has 17 heteroatoms. The van der Waals surface area contributed by atoms with Crippen molar-refractivity contribution in [2.45, 2.75) is 69.5 Å². The maximum atomic E-state index is 14.6. The summed E-state index contributed by atoms with van der Waals surface area (Å²) >= 11 is 0. The molecule has 42 heavy (non-hydrogen) atoms. The van der Waals surface area contributed by atoms with Crippen LogP contribution in [0, 0.1) is 0 Å². The highest BCUT2D eigenvalue weighted by Crippen LogP contribution is 2.44. The fourth-order valence-electron chi connectivity index (χ4n) is 4.83. The van der Waals surface area contributed by atoms with E-state index in [4.69, 9.17) is 31.2 Å². The Morgan fingerprint density at radius 3 is 2.26 bits per heavy atom. The van der Waals surface area contributed by atoms with E-state index < -0.39 is 54.3 Å². The van der Waals surface area contributed by atoms with E-state index in [2.05, 4.69) is 20.3 Å². The molecule has 5 rings (SSSR count). The summed E-state index contributed by atoms with van der Waals surface area (Å²) in [6.07, 6.45) is -0.647. The second-order valence-electron chi connectivity index (χ2n) is 9.63. The summed E-state index contributed by atoms with van der Waals surface area (Å²) in [4.78, 5) is 23.0. The Balaban J connectivity index is 0.000000274. The smallest absolute Gasteiger partial charge is 0.350 e. The SMILES string of the molecule is CCC1=C(F)[C@@H](Nc2nccc(N)n2)[C@@H]2OC(C)(C)O[C@H]12.CO.Cl.Nc1ccn([C@@H]2C(F)=C(CO)[C@@H](O)[C@H]2O)c(=O)n1. The van der Waals surface area contributed by atoms with Crippen molar-refractivity contribution < 1.29 is 38.7 Å². The van der Waals surface area contributed by atoms with Gasteiger partial charge in [-0.25, -0.2) is 18.6 Å². The molecule has 3 aliphatic rings. The van der Waals surface area contributed by atoms with Gasteiger partial charge in [-0.05, 0) is 38.0 Å². The van der Waals surface area contributed by atoms with Crippen LogP contribution >= 0.6 is 12.4 Å². The molecular formula is C25H36ClF2N7O7. The van der Waals surface area contributed by atoms with Crippen LogP contribution in [-0.2, 0) is 9.47 Å². The van der Waals surface area contributed by atoms with Gasteiger partial charge in [0.15, 0.2) is 5.79 Å². The van der Waals surface area contributed by atoms with Gasteiger partial charge in [-0.1, -0.05) is 6.92 Å². The topological polar surface area (TPSA) is 224 Å². The number of nitrogens with one attached hydrogen (secondary N) is 1. The third-order valence-corrected chi connectivity index (χ3v) is 6.62. The molecule has 1 fully saturated rings. The molecule has 0 spiro atoms. The third-order valence-electron chi connectivity index (χ3n) is 6.62. The molecule has 0 unspecified atom stereocenters. The Morgan fingerprint density at radius 1 is 1.07 bits per heavy atom. The van der Waals surface area contributed by atoms with E-state index in [1.165, 1.54) is 18.5 Å². The number of nitrogens with zero attached hydrogens (tertiary/aromatic N) is 4. The number of aromatic nitrogens is 4. The number of nitrogens with two attached hydrogens (primary N) is 2. The van der Waals surface area contributed by atoms with Crippen molar-refractivity contribution in [3.63, 3.8) is 0 Å². The van der Waals surface area contributed by atoms with Crippen LogP contribution in [0.25, 0.3) is 0 Å². The lowest BCUT2D eigenvalue weighted by Gasteiger charge is -2.22. The van der Waals surface area contributed by atoms with E-state index in [0.29, 0.717) is 17.8 Å². The predicted molar refractivity (Wildman–Crippen MR) is 151 cm³/mol. The molecule has 2 aromatic rings. The molecule has 1 saturated heterocycles. The monoisotopic (exact) mass is 619 g/mol. The van der Waals surface area contributed by atoms with Gasteiger partial charge in [-0.3, -0.25) is 4.57 Å². The maximum absolute atomic E-state index is 14.6. The van der Waals surface area contributed by atoms with Gasteiger partial charge >= 0.3 is 5.69 Å². The van der Waals surface area contributed by atoms with Crippen molar-refractivity contribution in [1.82, 2.24) is 19.5 Å². The maximum Gasteiger partial charge on any atom is 0.350 e. The molecule has 0 aromatic carbocycles. The molecule has 6 atom stereocenters. The number of hydrogen-bond acceptors (Lipinski definition) is 13. The van der Waals surface area contributed by atoms with Crippen LogP contribution in [0.4, 0.5) is 26.4 Å². The zero-order chi connectivity index (χ0) is 30.6. The second kappa shape index (κ2) is 14.3. The van der Waals surface area contributed by atoms with E-state index in [1.54, 1.807) is 6.07 Å². The molecule has 0 amide bonds. The first-order valence-electron chi connectivity index (χ1n) is 12.6. The Bertz CT molecular complexity index is 1360. The van der Waals surface area contributed by atoms with Crippen LogP contribution in [0.1, 0.15) is 33.2 Å². The largest absolute Gasteiger partial charge is 0.400 e. The molecular weight excluding hydrogens is 584 g/mol. The van der Waals surface area contributed by atoms with Crippen LogP contribution in [0.2, 0.25) is 0 Å². The first-order valence-corrected chi connectivity index (χ1v) is 12.6. The number of aliphatic hydroxyl groups is 4. The molecule has 2 aliphatic carbocycles. The molecule has 1 aliphatic heterocycles. The number of hydrogen-bond donors (Lipinski definition) is 7. The van der Waals surface area contributed by atoms with E-state index in [1.807, 2.05) is 20.8 Å². The number of halogens is 3. The lowest BCUT2D eigenvalue weighted by atomic mass is 10.1. The normalized spacial score (nSPS) is 27.4. The molecule has 14 nitrogen and oxygen atoms in total. The third kappa shape index (κ3) is 7.03. The number of aliphatic hydroxyl groups excluding tert-OH is 4. The fourth-order valence-corrected chi connectivity index (χ4v) is 4.83. The van der Waals surface area contributed by atoms with E-state index >= 15 is 0 Å². The Hall–Kier alpha value is -3.25. The zero-order valence-corrected chi connectivity index (χ0v) is 24.1. The summed E-state index contributed by atoms with van der Waals surface area (Å²) in [6, 6.07) is 0.784. The average molecular weight is 620 g/mol. The molecule has 0 bridgehead atoms. The lowest BCUT2D eigenvalue weighted by molar-refractivity contribution is -0.146. The fraction of sp³-hybridized carbons (Fsp3) is 0.520. The van der Waals surface area contributed by atoms with Crippen molar-refractivity contribution in [1.29, 1.82) is 0 Å². The van der Waals surface area contributed by atoms with Crippen molar-refractivity contribution in [2.24, 2.45) is 0 Å². The van der Waals surface area contributed by atoms with Crippen LogP contribution < -0.4 is 22.5 Å². The summed E-state index contributed by atoms with van der Waals surface area (Å²) in [5, 5.41) is 38.1. The van der Waals surface area contributed by atoms with Crippen molar-refractivity contribution >= 4 is 30.0 Å². The molecule has 234 valence electrons. The number of fused-ring (bicyclic) bond motifs is 1. The van der Waals surface area contributed by atoms with Gasteiger partial charge in [0.05, 0.1) is 6.61 Å². The van der Waals surface area contributed by atoms with E-state index in [0.717, 1.165) is 11.7 Å².